The van der Waals surface area contributed by atoms with Crippen LogP contribution in [0.15, 0.2) is 0 Å². The number of carbonyl (C=O) groups excluding carboxylic acids is 1. The zero-order chi connectivity index (χ0) is 14.0. The molecule has 1 aromatic heterocycles. The standard InChI is InChI=1S/C12H14F3NO2S/c1-2-18-11(17)9-8(6-13)19-16-10(9)7-3-4-12(14,15)5-7/h7H,2-6H2,1H3. The average Bonchev–Trinajstić information content (AvgIpc) is 2.92. The van der Waals surface area contributed by atoms with E-state index < -0.39 is 24.5 Å². The van der Waals surface area contributed by atoms with E-state index >= 15 is 0 Å². The van der Waals surface area contributed by atoms with Crippen molar-refractivity contribution in [2.75, 3.05) is 6.61 Å². The Labute approximate surface area is 112 Å². The number of esters is 1. The van der Waals surface area contributed by atoms with Crippen molar-refractivity contribution in [3.05, 3.63) is 16.1 Å². The molecule has 7 heteroatoms. The van der Waals surface area contributed by atoms with Crippen LogP contribution in [-0.2, 0) is 11.4 Å². The van der Waals surface area contributed by atoms with Gasteiger partial charge in [0.15, 0.2) is 0 Å². The quantitative estimate of drug-likeness (QED) is 0.795. The molecule has 106 valence electrons. The van der Waals surface area contributed by atoms with Crippen molar-refractivity contribution in [2.24, 2.45) is 0 Å². The second-order valence-electron chi connectivity index (χ2n) is 4.52. The first-order valence-corrected chi connectivity index (χ1v) is 6.85. The molecule has 0 aromatic carbocycles. The van der Waals surface area contributed by atoms with Gasteiger partial charge < -0.3 is 4.74 Å². The van der Waals surface area contributed by atoms with E-state index in [1.165, 1.54) is 0 Å². The van der Waals surface area contributed by atoms with Gasteiger partial charge in [-0.05, 0) is 24.9 Å². The molecule has 1 fully saturated rings. The van der Waals surface area contributed by atoms with E-state index in [1.807, 2.05) is 0 Å². The summed E-state index contributed by atoms with van der Waals surface area (Å²) in [6.07, 6.45) is -0.299. The van der Waals surface area contributed by atoms with Gasteiger partial charge in [-0.2, -0.15) is 4.37 Å². The SMILES string of the molecule is CCOC(=O)c1c(C2CCC(F)(F)C2)nsc1CF. The van der Waals surface area contributed by atoms with Gasteiger partial charge in [0.1, 0.15) is 6.67 Å². The predicted octanol–water partition coefficient (Wildman–Crippen LogP) is 3.69. The number of halogens is 3. The largest absolute Gasteiger partial charge is 0.462 e. The highest BCUT2D eigenvalue weighted by molar-refractivity contribution is 7.06. The van der Waals surface area contributed by atoms with Crippen molar-refractivity contribution < 1.29 is 22.7 Å². The molecule has 1 aliphatic carbocycles. The van der Waals surface area contributed by atoms with Crippen LogP contribution in [0.25, 0.3) is 0 Å². The summed E-state index contributed by atoms with van der Waals surface area (Å²) >= 11 is 0.847. The molecule has 0 bridgehead atoms. The first kappa shape index (κ1) is 14.3. The minimum Gasteiger partial charge on any atom is -0.462 e. The molecule has 1 atom stereocenters. The highest BCUT2D eigenvalue weighted by Crippen LogP contribution is 2.45. The summed E-state index contributed by atoms with van der Waals surface area (Å²) in [7, 11) is 0. The molecule has 3 nitrogen and oxygen atoms in total. The lowest BCUT2D eigenvalue weighted by molar-refractivity contribution is 0.00755. The molecule has 0 saturated heterocycles. The third kappa shape index (κ3) is 2.91. The molecular formula is C12H14F3NO2S. The van der Waals surface area contributed by atoms with Crippen LogP contribution in [0.4, 0.5) is 13.2 Å². The number of carbonyl (C=O) groups is 1. The zero-order valence-electron chi connectivity index (χ0n) is 10.4. The molecule has 1 unspecified atom stereocenters. The van der Waals surface area contributed by atoms with Crippen LogP contribution in [-0.4, -0.2) is 22.9 Å². The number of hydrogen-bond donors (Lipinski definition) is 0. The summed E-state index contributed by atoms with van der Waals surface area (Å²) in [5, 5.41) is 0. The van der Waals surface area contributed by atoms with Crippen LogP contribution in [0.3, 0.4) is 0 Å². The summed E-state index contributed by atoms with van der Waals surface area (Å²) in [6, 6.07) is 0. The molecule has 0 radical (unpaired) electrons. The molecule has 19 heavy (non-hydrogen) atoms. The lowest BCUT2D eigenvalue weighted by Gasteiger charge is -2.10. The molecule has 0 amide bonds. The highest BCUT2D eigenvalue weighted by Gasteiger charge is 2.42. The highest BCUT2D eigenvalue weighted by atomic mass is 32.1. The van der Waals surface area contributed by atoms with E-state index in [0.717, 1.165) is 11.5 Å². The third-order valence-corrected chi connectivity index (χ3v) is 4.00. The van der Waals surface area contributed by atoms with Gasteiger partial charge >= 0.3 is 5.97 Å². The van der Waals surface area contributed by atoms with Gasteiger partial charge in [0.2, 0.25) is 5.92 Å². The number of ether oxygens (including phenoxy) is 1. The predicted molar refractivity (Wildman–Crippen MR) is 64.4 cm³/mol. The van der Waals surface area contributed by atoms with Crippen molar-refractivity contribution in [1.82, 2.24) is 4.37 Å². The van der Waals surface area contributed by atoms with Gasteiger partial charge in [-0.3, -0.25) is 0 Å². The molecule has 0 N–H and O–H groups in total. The number of alkyl halides is 3. The van der Waals surface area contributed by atoms with Gasteiger partial charge in [0.05, 0.1) is 22.7 Å². The molecule has 0 spiro atoms. The Bertz CT molecular complexity index is 476. The zero-order valence-corrected chi connectivity index (χ0v) is 11.2. The molecule has 1 saturated carbocycles. The van der Waals surface area contributed by atoms with E-state index in [0.29, 0.717) is 0 Å². The van der Waals surface area contributed by atoms with E-state index in [-0.39, 0.29) is 42.0 Å². The average molecular weight is 293 g/mol. The number of rotatable bonds is 4. The smallest absolute Gasteiger partial charge is 0.341 e. The summed E-state index contributed by atoms with van der Waals surface area (Å²) in [5.41, 5.74) is 0.324. The first-order chi connectivity index (χ1) is 8.98. The first-order valence-electron chi connectivity index (χ1n) is 6.08. The summed E-state index contributed by atoms with van der Waals surface area (Å²) in [5.74, 6) is -3.89. The minimum absolute atomic E-state index is 0.0528. The Kier molecular flexibility index (Phi) is 4.13. The minimum atomic E-state index is -2.73. The Morgan fingerprint density at radius 1 is 1.58 bits per heavy atom. The second kappa shape index (κ2) is 5.48. The monoisotopic (exact) mass is 293 g/mol. The summed E-state index contributed by atoms with van der Waals surface area (Å²) < 4.78 is 48.2. The maximum absolute atomic E-state index is 13.2. The van der Waals surface area contributed by atoms with Crippen LogP contribution >= 0.6 is 11.5 Å². The van der Waals surface area contributed by atoms with Gasteiger partial charge in [0.25, 0.3) is 0 Å². The van der Waals surface area contributed by atoms with Crippen LogP contribution in [0.2, 0.25) is 0 Å². The van der Waals surface area contributed by atoms with Crippen molar-refractivity contribution in [3.8, 4) is 0 Å². The van der Waals surface area contributed by atoms with Gasteiger partial charge in [-0.1, -0.05) is 0 Å². The van der Waals surface area contributed by atoms with Gasteiger partial charge in [-0.25, -0.2) is 18.0 Å². The van der Waals surface area contributed by atoms with Crippen molar-refractivity contribution in [2.45, 2.75) is 44.7 Å². The molecule has 2 rings (SSSR count). The van der Waals surface area contributed by atoms with Gasteiger partial charge in [-0.15, -0.1) is 0 Å². The second-order valence-corrected chi connectivity index (χ2v) is 5.37. The fourth-order valence-corrected chi connectivity index (χ4v) is 3.09. The maximum Gasteiger partial charge on any atom is 0.341 e. The number of nitrogens with zero attached hydrogens (tertiary/aromatic N) is 1. The van der Waals surface area contributed by atoms with Crippen LogP contribution < -0.4 is 0 Å². The van der Waals surface area contributed by atoms with Crippen LogP contribution in [0.1, 0.15) is 53.0 Å². The summed E-state index contributed by atoms with van der Waals surface area (Å²) in [4.78, 5) is 12.0. The Morgan fingerprint density at radius 3 is 2.84 bits per heavy atom. The topological polar surface area (TPSA) is 39.2 Å². The van der Waals surface area contributed by atoms with E-state index in [9.17, 15) is 18.0 Å². The fraction of sp³-hybridized carbons (Fsp3) is 0.667. The molecule has 0 aliphatic heterocycles. The number of hydrogen-bond acceptors (Lipinski definition) is 4. The molecule has 1 aromatic rings. The van der Waals surface area contributed by atoms with E-state index in [4.69, 9.17) is 4.74 Å². The normalized spacial score (nSPS) is 21.6. The lowest BCUT2D eigenvalue weighted by atomic mass is 9.99. The lowest BCUT2D eigenvalue weighted by Crippen LogP contribution is -2.13. The van der Waals surface area contributed by atoms with E-state index in [1.54, 1.807) is 6.92 Å². The number of aromatic nitrogens is 1. The van der Waals surface area contributed by atoms with E-state index in [2.05, 4.69) is 4.37 Å². The maximum atomic E-state index is 13.2. The molecular weight excluding hydrogens is 279 g/mol. The van der Waals surface area contributed by atoms with Crippen molar-refractivity contribution >= 4 is 17.5 Å². The summed E-state index contributed by atoms with van der Waals surface area (Å²) in [6.45, 7) is 0.950. The Hall–Kier alpha value is -1.11. The molecule has 1 aliphatic rings. The van der Waals surface area contributed by atoms with Crippen LogP contribution in [0.5, 0.6) is 0 Å². The van der Waals surface area contributed by atoms with Crippen LogP contribution in [0, 0.1) is 0 Å². The fourth-order valence-electron chi connectivity index (χ4n) is 2.31. The van der Waals surface area contributed by atoms with Gasteiger partial charge in [0, 0.05) is 18.8 Å². The Morgan fingerprint density at radius 2 is 2.32 bits per heavy atom. The van der Waals surface area contributed by atoms with Crippen molar-refractivity contribution in [1.29, 1.82) is 0 Å². The third-order valence-electron chi connectivity index (χ3n) is 3.18. The Balaban J connectivity index is 2.31. The molecule has 1 heterocycles. The van der Waals surface area contributed by atoms with Crippen molar-refractivity contribution in [3.63, 3.8) is 0 Å².